The molecule has 0 saturated heterocycles. The average molecular weight is 180 g/mol. The van der Waals surface area contributed by atoms with Gasteiger partial charge in [-0.15, -0.1) is 0 Å². The molecule has 1 aromatic carbocycles. The van der Waals surface area contributed by atoms with Gasteiger partial charge in [0.2, 0.25) is 0 Å². The molecule has 5 N–H and O–H groups in total. The molecule has 2 heteroatoms. The van der Waals surface area contributed by atoms with Gasteiger partial charge in [0, 0.05) is 11.1 Å². The molecule has 0 unspecified atom stereocenters. The van der Waals surface area contributed by atoms with Crippen LogP contribution in [0, 0.1) is 20.8 Å². The number of benzene rings is 1. The molecule has 0 aromatic heterocycles. The lowest BCUT2D eigenvalue weighted by atomic mass is 10.1. The first kappa shape index (κ1) is 10.2. The van der Waals surface area contributed by atoms with Crippen LogP contribution in [0.3, 0.4) is 0 Å². The Morgan fingerprint density at radius 3 is 2.15 bits per heavy atom. The van der Waals surface area contributed by atoms with Gasteiger partial charge >= 0.3 is 0 Å². The summed E-state index contributed by atoms with van der Waals surface area (Å²) in [5.41, 5.74) is 9.35. The Bertz CT molecular complexity index is 269. The van der Waals surface area contributed by atoms with Crippen molar-refractivity contribution in [3.63, 3.8) is 0 Å². The molecule has 0 fully saturated rings. The summed E-state index contributed by atoms with van der Waals surface area (Å²) in [5.74, 6) is 0. The second kappa shape index (κ2) is 4.40. The van der Waals surface area contributed by atoms with Crippen molar-refractivity contribution in [2.45, 2.75) is 20.8 Å². The second-order valence-corrected chi connectivity index (χ2v) is 3.66. The minimum absolute atomic E-state index is 0.979. The van der Waals surface area contributed by atoms with Crippen molar-refractivity contribution >= 4 is 5.69 Å². The summed E-state index contributed by atoms with van der Waals surface area (Å²) >= 11 is 0. The van der Waals surface area contributed by atoms with E-state index in [2.05, 4.69) is 44.0 Å². The molecule has 0 atom stereocenters. The van der Waals surface area contributed by atoms with Gasteiger partial charge in [-0.1, -0.05) is 17.7 Å². The fraction of sp³-hybridized carbons (Fsp3) is 0.455. The molecule has 0 amide bonds. The Kier molecular flexibility index (Phi) is 3.46. The highest BCUT2D eigenvalue weighted by atomic mass is 14.9. The Morgan fingerprint density at radius 1 is 1.15 bits per heavy atom. The number of hydrogen-bond acceptors (Lipinski definition) is 0. The quantitative estimate of drug-likeness (QED) is 0.617. The van der Waals surface area contributed by atoms with Crippen molar-refractivity contribution in [2.24, 2.45) is 0 Å². The summed E-state index contributed by atoms with van der Waals surface area (Å²) in [4.78, 5) is 0. The number of nitrogens with two attached hydrogens (primary N) is 1. The van der Waals surface area contributed by atoms with E-state index in [1.165, 1.54) is 22.4 Å². The molecule has 1 rings (SSSR count). The van der Waals surface area contributed by atoms with E-state index in [-0.39, 0.29) is 0 Å². The summed E-state index contributed by atoms with van der Waals surface area (Å²) in [6.07, 6.45) is 0. The maximum atomic E-state index is 3.85. The molecule has 0 saturated carbocycles. The smallest absolute Gasteiger partial charge is 0.135 e. The van der Waals surface area contributed by atoms with Crippen LogP contribution in [0.1, 0.15) is 16.7 Å². The third-order valence-electron chi connectivity index (χ3n) is 2.29. The maximum absolute atomic E-state index is 3.85. The van der Waals surface area contributed by atoms with E-state index in [9.17, 15) is 0 Å². The second-order valence-electron chi connectivity index (χ2n) is 3.66. The highest BCUT2D eigenvalue weighted by molar-refractivity contribution is 5.47. The Hall–Kier alpha value is -0.860. The molecule has 1 aromatic rings. The molecule has 0 aliphatic heterocycles. The number of quaternary nitrogens is 2. The number of hydrogen-bond donors (Lipinski definition) is 2. The van der Waals surface area contributed by atoms with Crippen LogP contribution in [0.25, 0.3) is 0 Å². The van der Waals surface area contributed by atoms with E-state index in [0.717, 1.165) is 13.1 Å². The van der Waals surface area contributed by atoms with E-state index in [1.807, 2.05) is 0 Å². The molecule has 72 valence electrons. The van der Waals surface area contributed by atoms with Gasteiger partial charge in [-0.2, -0.15) is 0 Å². The average Bonchev–Trinajstić information content (AvgIpc) is 2.02. The highest BCUT2D eigenvalue weighted by Gasteiger charge is 2.06. The maximum Gasteiger partial charge on any atom is 0.135 e. The van der Waals surface area contributed by atoms with Crippen LogP contribution in [-0.2, 0) is 0 Å². The zero-order valence-electron chi connectivity index (χ0n) is 8.85. The first-order valence-electron chi connectivity index (χ1n) is 4.85. The lowest BCUT2D eigenvalue weighted by molar-refractivity contribution is -0.596. The van der Waals surface area contributed by atoms with Crippen LogP contribution in [0.4, 0.5) is 5.69 Å². The third kappa shape index (κ3) is 2.54. The SMILES string of the molecule is Cc1cc(C)c([NH2+]CC[NH3+])c(C)c1. The van der Waals surface area contributed by atoms with Gasteiger partial charge in [0.05, 0.1) is 0 Å². The standard InChI is InChI=1S/C11H18N2/c1-8-6-9(2)11(10(3)7-8)13-5-4-12/h6-7,13H,4-5,12H2,1-3H3/p+2. The first-order valence-corrected chi connectivity index (χ1v) is 4.85. The highest BCUT2D eigenvalue weighted by Crippen LogP contribution is 2.16. The van der Waals surface area contributed by atoms with Crippen LogP contribution in [0.2, 0.25) is 0 Å². The predicted octanol–water partition coefficient (Wildman–Crippen LogP) is 0.0487. The Labute approximate surface area is 80.1 Å². The summed E-state index contributed by atoms with van der Waals surface area (Å²) < 4.78 is 0. The third-order valence-corrected chi connectivity index (χ3v) is 2.29. The predicted molar refractivity (Wildman–Crippen MR) is 54.9 cm³/mol. The minimum atomic E-state index is 0.979. The fourth-order valence-corrected chi connectivity index (χ4v) is 1.76. The minimum Gasteiger partial charge on any atom is -0.353 e. The summed E-state index contributed by atoms with van der Waals surface area (Å²) in [6.45, 7) is 8.55. The van der Waals surface area contributed by atoms with Gasteiger partial charge in [-0.05, 0) is 20.8 Å². The summed E-state index contributed by atoms with van der Waals surface area (Å²) in [5, 5.41) is 2.29. The summed E-state index contributed by atoms with van der Waals surface area (Å²) in [7, 11) is 0. The monoisotopic (exact) mass is 180 g/mol. The molecular formula is C11H20N2+2. The first-order chi connectivity index (χ1) is 6.15. The van der Waals surface area contributed by atoms with Gasteiger partial charge < -0.3 is 11.1 Å². The normalized spacial score (nSPS) is 10.5. The van der Waals surface area contributed by atoms with E-state index in [1.54, 1.807) is 0 Å². The van der Waals surface area contributed by atoms with Crippen molar-refractivity contribution in [2.75, 3.05) is 13.1 Å². The van der Waals surface area contributed by atoms with Crippen molar-refractivity contribution in [3.05, 3.63) is 28.8 Å². The van der Waals surface area contributed by atoms with E-state index < -0.39 is 0 Å². The zero-order valence-corrected chi connectivity index (χ0v) is 8.85. The lowest BCUT2D eigenvalue weighted by Gasteiger charge is -2.07. The van der Waals surface area contributed by atoms with E-state index in [0.29, 0.717) is 0 Å². The molecule has 0 spiro atoms. The molecule has 2 nitrogen and oxygen atoms in total. The van der Waals surface area contributed by atoms with Gasteiger partial charge in [0.25, 0.3) is 0 Å². The molecule has 0 aliphatic rings. The molecule has 0 bridgehead atoms. The Balaban J connectivity index is 2.92. The molecule has 0 heterocycles. The van der Waals surface area contributed by atoms with Crippen molar-refractivity contribution in [1.82, 2.24) is 0 Å². The van der Waals surface area contributed by atoms with E-state index >= 15 is 0 Å². The van der Waals surface area contributed by atoms with Crippen molar-refractivity contribution in [3.8, 4) is 0 Å². The molecule has 0 aliphatic carbocycles. The molecule has 0 radical (unpaired) electrons. The topological polar surface area (TPSA) is 44.2 Å². The largest absolute Gasteiger partial charge is 0.353 e. The zero-order chi connectivity index (χ0) is 9.84. The van der Waals surface area contributed by atoms with Crippen LogP contribution < -0.4 is 11.1 Å². The lowest BCUT2D eigenvalue weighted by Crippen LogP contribution is -2.83. The number of rotatable bonds is 3. The molecular weight excluding hydrogens is 160 g/mol. The number of aryl methyl sites for hydroxylation is 3. The van der Waals surface area contributed by atoms with Gasteiger partial charge in [0.15, 0.2) is 0 Å². The van der Waals surface area contributed by atoms with Crippen molar-refractivity contribution < 1.29 is 11.1 Å². The fourth-order valence-electron chi connectivity index (χ4n) is 1.76. The van der Waals surface area contributed by atoms with Crippen LogP contribution in [0.15, 0.2) is 12.1 Å². The summed E-state index contributed by atoms with van der Waals surface area (Å²) in [6, 6.07) is 4.48. The van der Waals surface area contributed by atoms with Crippen LogP contribution >= 0.6 is 0 Å². The van der Waals surface area contributed by atoms with Crippen LogP contribution in [-0.4, -0.2) is 13.1 Å². The van der Waals surface area contributed by atoms with Crippen LogP contribution in [0.5, 0.6) is 0 Å². The van der Waals surface area contributed by atoms with Gasteiger partial charge in [0.1, 0.15) is 18.8 Å². The van der Waals surface area contributed by atoms with Gasteiger partial charge in [-0.3, -0.25) is 0 Å². The van der Waals surface area contributed by atoms with Crippen molar-refractivity contribution in [1.29, 1.82) is 0 Å². The van der Waals surface area contributed by atoms with Gasteiger partial charge in [-0.25, -0.2) is 0 Å². The molecule has 13 heavy (non-hydrogen) atoms. The van der Waals surface area contributed by atoms with E-state index in [4.69, 9.17) is 0 Å². The Morgan fingerprint density at radius 2 is 1.69 bits per heavy atom.